The molecule has 0 bridgehead atoms. The van der Waals surface area contributed by atoms with Crippen molar-refractivity contribution in [2.45, 2.75) is 34.7 Å². The molecule has 0 aliphatic carbocycles. The Labute approximate surface area is 184 Å². The minimum atomic E-state index is -3.79. The first-order chi connectivity index (χ1) is 14.8. The van der Waals surface area contributed by atoms with Crippen LogP contribution in [0.5, 0.6) is 0 Å². The van der Waals surface area contributed by atoms with Crippen LogP contribution in [0.1, 0.15) is 19.8 Å². The highest BCUT2D eigenvalue weighted by Gasteiger charge is 2.31. The molecule has 1 aromatic heterocycles. The van der Waals surface area contributed by atoms with Gasteiger partial charge < -0.3 is 0 Å². The van der Waals surface area contributed by atoms with Crippen LogP contribution in [0.4, 0.5) is 5.69 Å². The molecule has 1 atom stereocenters. The standard InChI is InChI=1S/C20H21N5O4S2/c1-14-6-5-11-24(13-14)31(28,29)16-9-10-18(17(12-16)25(26)27)30-20-21-19(22-23-20)15-7-3-2-4-8-15/h2-4,7-10,12,14H,5-6,11,13H2,1H3,(H,21,22,23). The van der Waals surface area contributed by atoms with E-state index in [1.165, 1.54) is 16.4 Å². The Hall–Kier alpha value is -2.76. The highest BCUT2D eigenvalue weighted by Crippen LogP contribution is 2.36. The molecule has 1 aliphatic heterocycles. The quantitative estimate of drug-likeness (QED) is 0.437. The van der Waals surface area contributed by atoms with Crippen LogP contribution in [0.2, 0.25) is 0 Å². The zero-order chi connectivity index (χ0) is 22.0. The predicted molar refractivity (Wildman–Crippen MR) is 116 cm³/mol. The molecule has 4 rings (SSSR count). The van der Waals surface area contributed by atoms with E-state index in [0.717, 1.165) is 36.2 Å². The van der Waals surface area contributed by atoms with Gasteiger partial charge in [0.2, 0.25) is 15.2 Å². The number of sulfonamides is 1. The summed E-state index contributed by atoms with van der Waals surface area (Å²) in [6, 6.07) is 13.4. The molecule has 0 radical (unpaired) electrons. The number of benzene rings is 2. The highest BCUT2D eigenvalue weighted by atomic mass is 32.2. The summed E-state index contributed by atoms with van der Waals surface area (Å²) >= 11 is 1.01. The van der Waals surface area contributed by atoms with Crippen LogP contribution < -0.4 is 0 Å². The second kappa shape index (κ2) is 8.77. The van der Waals surface area contributed by atoms with Gasteiger partial charge in [0.15, 0.2) is 5.82 Å². The lowest BCUT2D eigenvalue weighted by Gasteiger charge is -2.30. The van der Waals surface area contributed by atoms with Gasteiger partial charge in [-0.2, -0.15) is 4.31 Å². The molecule has 1 saturated heterocycles. The summed E-state index contributed by atoms with van der Waals surface area (Å²) in [6.07, 6.45) is 1.76. The lowest BCUT2D eigenvalue weighted by atomic mass is 10.0. The van der Waals surface area contributed by atoms with Gasteiger partial charge in [-0.15, -0.1) is 5.10 Å². The van der Waals surface area contributed by atoms with Gasteiger partial charge in [-0.1, -0.05) is 37.3 Å². The maximum absolute atomic E-state index is 13.0. The monoisotopic (exact) mass is 459 g/mol. The molecule has 0 amide bonds. The molecule has 0 saturated carbocycles. The van der Waals surface area contributed by atoms with Crippen LogP contribution >= 0.6 is 11.8 Å². The largest absolute Gasteiger partial charge is 0.284 e. The lowest BCUT2D eigenvalue weighted by molar-refractivity contribution is -0.388. The summed E-state index contributed by atoms with van der Waals surface area (Å²) in [4.78, 5) is 15.7. The summed E-state index contributed by atoms with van der Waals surface area (Å²) < 4.78 is 27.4. The van der Waals surface area contributed by atoms with Crippen LogP contribution in [-0.2, 0) is 10.0 Å². The van der Waals surface area contributed by atoms with Crippen molar-refractivity contribution >= 4 is 27.5 Å². The molecule has 11 heteroatoms. The molecule has 1 unspecified atom stereocenters. The fourth-order valence-corrected chi connectivity index (χ4v) is 5.93. The van der Waals surface area contributed by atoms with E-state index in [0.29, 0.717) is 24.1 Å². The first-order valence-electron chi connectivity index (χ1n) is 9.79. The van der Waals surface area contributed by atoms with E-state index >= 15 is 0 Å². The minimum absolute atomic E-state index is 0.0717. The Morgan fingerprint density at radius 2 is 2.00 bits per heavy atom. The van der Waals surface area contributed by atoms with Crippen LogP contribution in [0.3, 0.4) is 0 Å². The maximum Gasteiger partial charge on any atom is 0.284 e. The summed E-state index contributed by atoms with van der Waals surface area (Å²) in [5.41, 5.74) is 0.552. The van der Waals surface area contributed by atoms with Gasteiger partial charge in [0, 0.05) is 24.7 Å². The van der Waals surface area contributed by atoms with Crippen LogP contribution in [0, 0.1) is 16.0 Å². The number of rotatable bonds is 6. The van der Waals surface area contributed by atoms with E-state index in [9.17, 15) is 18.5 Å². The number of hydrogen-bond donors (Lipinski definition) is 1. The second-order valence-electron chi connectivity index (χ2n) is 7.43. The second-order valence-corrected chi connectivity index (χ2v) is 10.4. The van der Waals surface area contributed by atoms with Gasteiger partial charge in [-0.05, 0) is 42.7 Å². The number of nitrogens with one attached hydrogen (secondary N) is 1. The zero-order valence-corrected chi connectivity index (χ0v) is 18.4. The van der Waals surface area contributed by atoms with Gasteiger partial charge in [0.25, 0.3) is 5.69 Å². The van der Waals surface area contributed by atoms with Crippen molar-refractivity contribution < 1.29 is 13.3 Å². The molecule has 1 N–H and O–H groups in total. The first-order valence-corrected chi connectivity index (χ1v) is 12.0. The molecule has 1 fully saturated rings. The third-order valence-corrected chi connectivity index (χ3v) is 7.89. The van der Waals surface area contributed by atoms with Crippen molar-refractivity contribution in [3.63, 3.8) is 0 Å². The minimum Gasteiger partial charge on any atom is -0.258 e. The average Bonchev–Trinajstić information content (AvgIpc) is 3.23. The topological polar surface area (TPSA) is 122 Å². The molecular formula is C20H21N5O4S2. The van der Waals surface area contributed by atoms with E-state index in [1.54, 1.807) is 0 Å². The van der Waals surface area contributed by atoms with Gasteiger partial charge in [0.05, 0.1) is 14.7 Å². The number of piperidine rings is 1. The van der Waals surface area contributed by atoms with Gasteiger partial charge in [0.1, 0.15) is 0 Å². The Kier molecular flexibility index (Phi) is 6.08. The highest BCUT2D eigenvalue weighted by molar-refractivity contribution is 7.99. The normalized spacial score (nSPS) is 17.5. The number of aromatic nitrogens is 3. The van der Waals surface area contributed by atoms with Crippen molar-refractivity contribution in [1.82, 2.24) is 19.5 Å². The van der Waals surface area contributed by atoms with E-state index in [1.807, 2.05) is 37.3 Å². The first kappa shape index (κ1) is 21.5. The van der Waals surface area contributed by atoms with Crippen molar-refractivity contribution in [3.8, 4) is 11.4 Å². The summed E-state index contributed by atoms with van der Waals surface area (Å²) in [7, 11) is -3.79. The summed E-state index contributed by atoms with van der Waals surface area (Å²) in [6.45, 7) is 2.85. The number of H-pyrrole nitrogens is 1. The van der Waals surface area contributed by atoms with Crippen LogP contribution in [-0.4, -0.2) is 45.9 Å². The van der Waals surface area contributed by atoms with E-state index in [-0.39, 0.29) is 21.4 Å². The third kappa shape index (κ3) is 4.63. The van der Waals surface area contributed by atoms with Crippen LogP contribution in [0.15, 0.2) is 63.5 Å². The molecular weight excluding hydrogens is 438 g/mol. The van der Waals surface area contributed by atoms with Gasteiger partial charge in [-0.3, -0.25) is 15.2 Å². The molecule has 31 heavy (non-hydrogen) atoms. The average molecular weight is 460 g/mol. The zero-order valence-electron chi connectivity index (χ0n) is 16.8. The smallest absolute Gasteiger partial charge is 0.258 e. The Morgan fingerprint density at radius 3 is 2.71 bits per heavy atom. The molecule has 2 aromatic carbocycles. The maximum atomic E-state index is 13.0. The fraction of sp³-hybridized carbons (Fsp3) is 0.300. The lowest BCUT2D eigenvalue weighted by Crippen LogP contribution is -2.39. The van der Waals surface area contributed by atoms with Crippen molar-refractivity contribution in [2.75, 3.05) is 13.1 Å². The Balaban J connectivity index is 1.61. The van der Waals surface area contributed by atoms with Gasteiger partial charge >= 0.3 is 0 Å². The van der Waals surface area contributed by atoms with Crippen LogP contribution in [0.25, 0.3) is 11.4 Å². The van der Waals surface area contributed by atoms with Crippen molar-refractivity contribution in [3.05, 3.63) is 58.6 Å². The summed E-state index contributed by atoms with van der Waals surface area (Å²) in [5.74, 6) is 0.807. The van der Waals surface area contributed by atoms with Crippen molar-refractivity contribution in [1.29, 1.82) is 0 Å². The molecule has 3 aromatic rings. The molecule has 9 nitrogen and oxygen atoms in total. The Bertz CT molecular complexity index is 1200. The Morgan fingerprint density at radius 1 is 1.23 bits per heavy atom. The van der Waals surface area contributed by atoms with E-state index in [4.69, 9.17) is 0 Å². The number of nitro benzene ring substituents is 1. The number of nitrogens with zero attached hydrogens (tertiary/aromatic N) is 4. The molecule has 2 heterocycles. The fourth-order valence-electron chi connectivity index (χ4n) is 3.52. The SMILES string of the molecule is CC1CCCN(S(=O)(=O)c2ccc(Sc3n[nH]c(-c4ccccc4)n3)c([N+](=O)[O-])c2)C1. The van der Waals surface area contributed by atoms with Crippen molar-refractivity contribution in [2.24, 2.45) is 5.92 Å². The molecule has 0 spiro atoms. The van der Waals surface area contributed by atoms with Gasteiger partial charge in [-0.25, -0.2) is 13.4 Å². The van der Waals surface area contributed by atoms with E-state index < -0.39 is 14.9 Å². The van der Waals surface area contributed by atoms with E-state index in [2.05, 4.69) is 15.2 Å². The summed E-state index contributed by atoms with van der Waals surface area (Å²) in [5, 5.41) is 18.9. The number of nitro groups is 1. The molecule has 1 aliphatic rings. The number of hydrogen-bond acceptors (Lipinski definition) is 7. The molecule has 162 valence electrons. The number of aromatic amines is 1. The predicted octanol–water partition coefficient (Wildman–Crippen LogP) is 3.95. The third-order valence-electron chi connectivity index (χ3n) is 5.10.